The number of hydrogen-bond acceptors (Lipinski definition) is 3. The predicted molar refractivity (Wildman–Crippen MR) is 64.7 cm³/mol. The van der Waals surface area contributed by atoms with Crippen LogP contribution in [0, 0.1) is 0 Å². The maximum absolute atomic E-state index is 11.4. The molecule has 0 unspecified atom stereocenters. The smallest absolute Gasteiger partial charge is 0.222 e. The van der Waals surface area contributed by atoms with E-state index in [1.807, 2.05) is 4.90 Å². The van der Waals surface area contributed by atoms with Crippen LogP contribution in [0.1, 0.15) is 44.9 Å². The van der Waals surface area contributed by atoms with E-state index in [0.29, 0.717) is 26.2 Å². The number of amides is 1. The molecule has 98 valence electrons. The number of nitrogens with zero attached hydrogens (tertiary/aromatic N) is 1. The first kappa shape index (κ1) is 12.8. The lowest BCUT2D eigenvalue weighted by atomic mass is 9.86. The normalized spacial score (nSPS) is 24.3. The molecule has 4 heteroatoms. The Morgan fingerprint density at radius 2 is 2.00 bits per heavy atom. The lowest BCUT2D eigenvalue weighted by Crippen LogP contribution is -2.38. The lowest BCUT2D eigenvalue weighted by Gasteiger charge is -2.31. The quantitative estimate of drug-likeness (QED) is 0.739. The van der Waals surface area contributed by atoms with Gasteiger partial charge in [-0.1, -0.05) is 19.3 Å². The monoisotopic (exact) mass is 241 g/mol. The summed E-state index contributed by atoms with van der Waals surface area (Å²) >= 11 is 0. The summed E-state index contributed by atoms with van der Waals surface area (Å²) in [5.74, 6) is 0.241. The van der Waals surface area contributed by atoms with Crippen LogP contribution in [0.4, 0.5) is 0 Å². The minimum Gasteiger partial charge on any atom is -0.387 e. The predicted octanol–water partition coefficient (Wildman–Crippen LogP) is 1.32. The van der Waals surface area contributed by atoms with Crippen LogP contribution in [-0.4, -0.2) is 47.8 Å². The van der Waals surface area contributed by atoms with Gasteiger partial charge >= 0.3 is 0 Å². The number of hydrogen-bond donors (Lipinski definition) is 1. The summed E-state index contributed by atoms with van der Waals surface area (Å²) in [6.07, 6.45) is 6.80. The van der Waals surface area contributed by atoms with Crippen LogP contribution in [0.15, 0.2) is 0 Å². The van der Waals surface area contributed by atoms with Crippen molar-refractivity contribution in [3.63, 3.8) is 0 Å². The fourth-order valence-electron chi connectivity index (χ4n) is 2.73. The average molecular weight is 241 g/mol. The minimum atomic E-state index is -0.604. The summed E-state index contributed by atoms with van der Waals surface area (Å²) in [6, 6.07) is 0. The highest BCUT2D eigenvalue weighted by atomic mass is 16.5. The molecule has 1 saturated carbocycles. The molecule has 1 aliphatic heterocycles. The molecular weight excluding hydrogens is 218 g/mol. The van der Waals surface area contributed by atoms with Crippen molar-refractivity contribution < 1.29 is 14.6 Å². The number of likely N-dealkylation sites (tertiary alicyclic amines) is 1. The summed E-state index contributed by atoms with van der Waals surface area (Å²) in [5.41, 5.74) is -0.604. The molecule has 0 aromatic carbocycles. The van der Waals surface area contributed by atoms with E-state index in [4.69, 9.17) is 4.74 Å². The maximum atomic E-state index is 11.4. The molecule has 1 amide bonds. The third-order valence-corrected chi connectivity index (χ3v) is 3.83. The molecule has 1 heterocycles. The van der Waals surface area contributed by atoms with Crippen molar-refractivity contribution in [2.45, 2.75) is 50.5 Å². The van der Waals surface area contributed by atoms with E-state index in [2.05, 4.69) is 0 Å². The summed E-state index contributed by atoms with van der Waals surface area (Å²) < 4.78 is 5.54. The molecule has 4 nitrogen and oxygen atoms in total. The molecule has 2 rings (SSSR count). The van der Waals surface area contributed by atoms with Crippen molar-refractivity contribution in [3.05, 3.63) is 0 Å². The Labute approximate surface area is 103 Å². The van der Waals surface area contributed by atoms with Gasteiger partial charge in [0.15, 0.2) is 0 Å². The zero-order chi connectivity index (χ0) is 12.1. The van der Waals surface area contributed by atoms with Crippen LogP contribution < -0.4 is 0 Å². The highest BCUT2D eigenvalue weighted by Gasteiger charge is 2.29. The topological polar surface area (TPSA) is 49.8 Å². The molecule has 0 radical (unpaired) electrons. The Hall–Kier alpha value is -0.610. The van der Waals surface area contributed by atoms with Crippen LogP contribution >= 0.6 is 0 Å². The Bertz CT molecular complexity index is 261. The van der Waals surface area contributed by atoms with Crippen LogP contribution in [0.3, 0.4) is 0 Å². The van der Waals surface area contributed by atoms with Crippen molar-refractivity contribution in [2.75, 3.05) is 26.3 Å². The van der Waals surface area contributed by atoms with Gasteiger partial charge in [0.25, 0.3) is 0 Å². The summed E-state index contributed by atoms with van der Waals surface area (Å²) in [4.78, 5) is 13.2. The van der Waals surface area contributed by atoms with Gasteiger partial charge in [-0.3, -0.25) is 4.79 Å². The van der Waals surface area contributed by atoms with Crippen molar-refractivity contribution in [2.24, 2.45) is 0 Å². The van der Waals surface area contributed by atoms with Crippen LogP contribution in [0.25, 0.3) is 0 Å². The van der Waals surface area contributed by atoms with E-state index < -0.39 is 5.60 Å². The Morgan fingerprint density at radius 3 is 2.65 bits per heavy atom. The standard InChI is InChI=1S/C13H23NO3/c15-12-5-4-8-14(12)9-10-17-11-13(16)6-2-1-3-7-13/h16H,1-11H2. The van der Waals surface area contributed by atoms with Gasteiger partial charge in [0.1, 0.15) is 0 Å². The van der Waals surface area contributed by atoms with Gasteiger partial charge in [0.05, 0.1) is 18.8 Å². The molecule has 0 bridgehead atoms. The fourth-order valence-corrected chi connectivity index (χ4v) is 2.73. The molecule has 0 atom stereocenters. The average Bonchev–Trinajstić information content (AvgIpc) is 2.72. The van der Waals surface area contributed by atoms with E-state index in [0.717, 1.165) is 38.6 Å². The van der Waals surface area contributed by atoms with Gasteiger partial charge in [-0.2, -0.15) is 0 Å². The molecule has 0 spiro atoms. The van der Waals surface area contributed by atoms with Gasteiger partial charge in [-0.05, 0) is 19.3 Å². The van der Waals surface area contributed by atoms with E-state index >= 15 is 0 Å². The lowest BCUT2D eigenvalue weighted by molar-refractivity contribution is -0.128. The summed E-state index contributed by atoms with van der Waals surface area (Å²) in [6.45, 7) is 2.52. The van der Waals surface area contributed by atoms with Gasteiger partial charge in [0, 0.05) is 19.5 Å². The molecule has 2 fully saturated rings. The number of rotatable bonds is 5. The summed E-state index contributed by atoms with van der Waals surface area (Å²) in [7, 11) is 0. The molecule has 17 heavy (non-hydrogen) atoms. The fraction of sp³-hybridized carbons (Fsp3) is 0.923. The second-order valence-electron chi connectivity index (χ2n) is 5.32. The Kier molecular flexibility index (Phi) is 4.40. The number of carbonyl (C=O) groups is 1. The molecule has 1 saturated heterocycles. The first-order valence-corrected chi connectivity index (χ1v) is 6.78. The Balaban J connectivity index is 1.60. The largest absolute Gasteiger partial charge is 0.387 e. The van der Waals surface area contributed by atoms with Crippen molar-refractivity contribution >= 4 is 5.91 Å². The Morgan fingerprint density at radius 1 is 1.24 bits per heavy atom. The zero-order valence-electron chi connectivity index (χ0n) is 10.5. The molecular formula is C13H23NO3. The van der Waals surface area contributed by atoms with Crippen molar-refractivity contribution in [1.82, 2.24) is 4.90 Å². The summed E-state index contributed by atoms with van der Waals surface area (Å²) in [5, 5.41) is 10.2. The van der Waals surface area contributed by atoms with E-state index in [9.17, 15) is 9.90 Å². The molecule has 1 N–H and O–H groups in total. The number of aliphatic hydroxyl groups is 1. The highest BCUT2D eigenvalue weighted by molar-refractivity contribution is 5.77. The van der Waals surface area contributed by atoms with Crippen LogP contribution in [0.2, 0.25) is 0 Å². The molecule has 0 aromatic rings. The van der Waals surface area contributed by atoms with Crippen molar-refractivity contribution in [1.29, 1.82) is 0 Å². The van der Waals surface area contributed by atoms with Gasteiger partial charge in [-0.25, -0.2) is 0 Å². The van der Waals surface area contributed by atoms with Crippen LogP contribution in [-0.2, 0) is 9.53 Å². The highest BCUT2D eigenvalue weighted by Crippen LogP contribution is 2.28. The second-order valence-corrected chi connectivity index (χ2v) is 5.32. The van der Waals surface area contributed by atoms with Crippen molar-refractivity contribution in [3.8, 4) is 0 Å². The van der Waals surface area contributed by atoms with Gasteiger partial charge in [0.2, 0.25) is 5.91 Å². The first-order chi connectivity index (χ1) is 8.20. The van der Waals surface area contributed by atoms with E-state index in [1.165, 1.54) is 6.42 Å². The van der Waals surface area contributed by atoms with E-state index in [-0.39, 0.29) is 5.91 Å². The SMILES string of the molecule is O=C1CCCN1CCOCC1(O)CCCCC1. The third-order valence-electron chi connectivity index (χ3n) is 3.83. The number of carbonyl (C=O) groups excluding carboxylic acids is 1. The molecule has 2 aliphatic rings. The zero-order valence-corrected chi connectivity index (χ0v) is 10.5. The number of ether oxygens (including phenoxy) is 1. The first-order valence-electron chi connectivity index (χ1n) is 6.78. The third kappa shape index (κ3) is 3.68. The van der Waals surface area contributed by atoms with Gasteiger partial charge in [-0.15, -0.1) is 0 Å². The second kappa shape index (κ2) is 5.83. The van der Waals surface area contributed by atoms with Crippen LogP contribution in [0.5, 0.6) is 0 Å². The molecule has 0 aromatic heterocycles. The minimum absolute atomic E-state index is 0.241. The maximum Gasteiger partial charge on any atom is 0.222 e. The van der Waals surface area contributed by atoms with Gasteiger partial charge < -0.3 is 14.7 Å². The van der Waals surface area contributed by atoms with E-state index in [1.54, 1.807) is 0 Å². The molecule has 1 aliphatic carbocycles.